The van der Waals surface area contributed by atoms with Gasteiger partial charge in [-0.15, -0.1) is 0 Å². The van der Waals surface area contributed by atoms with Crippen molar-refractivity contribution < 1.29 is 29.7 Å². The van der Waals surface area contributed by atoms with E-state index in [1.54, 1.807) is 6.20 Å². The Morgan fingerprint density at radius 3 is 1.06 bits per heavy atom. The SMILES string of the molecule is CC1(C)c2cccnc2-n2c3cc(-n4c5ccccc5c5ccc(-n6ccnc6)cc54)ccc3c3cccc1c32.CC1(C)c2cccnc2-n2c3cc(Br)ccc3c3cccc1c32.C[n+]1ccn(-c2ccc3c4ccccc4n(-c4ccc5c6cccc7c6n(c5c4)-c4ncccc4C7(C)C)c3c2)c1.F[P-](F)(F)(F)(F)F.c1ccc2c(c1)[nH]c1cc(-n3ccnc3)ccc12. The number of H-pyrrole nitrogens is 1. The van der Waals surface area contributed by atoms with Crippen LogP contribution in [0.3, 0.4) is 0 Å². The minimum Gasteiger partial charge on any atom is -0.354 e. The Balaban J connectivity index is 0.0000001000. The molecule has 27 rings (SSSR count). The van der Waals surface area contributed by atoms with Gasteiger partial charge in [-0.3, -0.25) is 13.7 Å². The van der Waals surface area contributed by atoms with Crippen LogP contribution in [0.2, 0.25) is 0 Å². The van der Waals surface area contributed by atoms with Crippen molar-refractivity contribution in [1.29, 1.82) is 0 Å². The number of aryl methyl sites for hydroxylation is 1. The first-order chi connectivity index (χ1) is 62.1. The van der Waals surface area contributed by atoms with Crippen LogP contribution < -0.4 is 4.57 Å². The third-order valence-electron chi connectivity index (χ3n) is 26.3. The number of hydrogen-bond acceptors (Lipinski definition) is 5. The third-order valence-corrected chi connectivity index (χ3v) is 26.8. The molecule has 0 spiro atoms. The quantitative estimate of drug-likeness (QED) is 0.104. The summed E-state index contributed by atoms with van der Waals surface area (Å²) in [5.74, 6) is 3.10. The molecule has 3 aliphatic heterocycles. The summed E-state index contributed by atoms with van der Waals surface area (Å²) in [7, 11) is -8.61. The average Bonchev–Trinajstić information content (AvgIpc) is 1.56. The van der Waals surface area contributed by atoms with Gasteiger partial charge in [-0.05, 0) is 126 Å². The number of imidazole rings is 3. The van der Waals surface area contributed by atoms with Crippen LogP contribution in [0.5, 0.6) is 0 Å². The molecule has 0 atom stereocenters. The van der Waals surface area contributed by atoms with Gasteiger partial charge in [-0.2, -0.15) is 0 Å². The first kappa shape index (κ1) is 78.7. The summed E-state index contributed by atoms with van der Waals surface area (Å²) in [5, 5.41) is 15.1. The molecule has 1 N–H and O–H groups in total. The normalized spacial score (nSPS) is 14.3. The van der Waals surface area contributed by atoms with Crippen LogP contribution in [0.25, 0.3) is 177 Å². The van der Waals surface area contributed by atoms with E-state index >= 15 is 0 Å². The topological polar surface area (TPSA) is 124 Å². The summed E-state index contributed by atoms with van der Waals surface area (Å²) in [6.07, 6.45) is 23.2. The molecule has 15 nitrogen and oxygen atoms in total. The van der Waals surface area contributed by atoms with Crippen LogP contribution in [0, 0.1) is 0 Å². The monoisotopic (exact) mass is 1790 g/mol. The zero-order valence-electron chi connectivity index (χ0n) is 70.8. The van der Waals surface area contributed by atoms with Crippen LogP contribution in [0.4, 0.5) is 25.2 Å². The second kappa shape index (κ2) is 28.0. The Kier molecular flexibility index (Phi) is 17.1. The number of aromatic nitrogens is 15. The van der Waals surface area contributed by atoms with E-state index in [2.05, 4.69) is 402 Å². The Morgan fingerprint density at radius 1 is 0.302 bits per heavy atom. The number of fused-ring (bicyclic) bond motifs is 24. The van der Waals surface area contributed by atoms with Crippen molar-refractivity contribution >= 4 is 155 Å². The summed E-state index contributed by atoms with van der Waals surface area (Å²) in [6.45, 7) is 13.8. The summed E-state index contributed by atoms with van der Waals surface area (Å²) in [4.78, 5) is 26.4. The van der Waals surface area contributed by atoms with Gasteiger partial charge in [0.05, 0.1) is 74.9 Å². The Hall–Kier alpha value is -15.0. The van der Waals surface area contributed by atoms with E-state index < -0.39 is 7.81 Å². The van der Waals surface area contributed by atoms with Crippen molar-refractivity contribution in [1.82, 2.24) is 66.4 Å². The van der Waals surface area contributed by atoms with Gasteiger partial charge in [-0.25, -0.2) is 34.1 Å². The van der Waals surface area contributed by atoms with Gasteiger partial charge in [0.25, 0.3) is 0 Å². The standard InChI is InChI=1S/C36H28N5.C35H25N5.C20H15BrN2.C15H11N3.F6P/c1-36(2)29-10-6-9-28-27-16-14-24(21-33(27)41(34(28)29)35-30(36)11-7-17-37-35)40-31-12-5-4-8-25(31)26-15-13-23(20-32(26)40)39-19-18-38(3)22-39;1-35(2)28-9-5-8-27-26-15-13-23(20-32(26)40(33(27)28)34-29(35)10-6-16-37-34)39-30-11-4-3-7-24(30)25-14-12-22(19-31(25)39)38-18-17-36-21-38;1-20(2)15-6-3-5-14-13-9-8-12(21)11-17(13)23(18(14)15)19-16(20)7-4-10-22-19;1-2-4-14-12(3-1)13-6-5-11(9-15(13)17-14)18-8-7-16-10-18;1-7(2,3,4,5)6/h4-22H,1-3H3;3-21H,1-2H3;3-11H,1-2H3;1-10,17H;/q+1;;;;-1. The number of nitrogens with zero attached hydrogens (tertiary/aromatic N) is 14. The summed E-state index contributed by atoms with van der Waals surface area (Å²) in [5.41, 5.74) is 27.6. The van der Waals surface area contributed by atoms with E-state index in [0.717, 1.165) is 55.9 Å². The number of para-hydroxylation sites is 6. The molecule has 12 aromatic heterocycles. The van der Waals surface area contributed by atoms with Crippen molar-refractivity contribution in [2.75, 3.05) is 0 Å². The fourth-order valence-electron chi connectivity index (χ4n) is 20.5. The largest absolute Gasteiger partial charge is 0.354 e. The van der Waals surface area contributed by atoms with Gasteiger partial charge in [-0.1, -0.05) is 215 Å². The molecule has 632 valence electrons. The molecule has 0 radical (unpaired) electrons. The molecule has 129 heavy (non-hydrogen) atoms. The maximum Gasteiger partial charge on any atom is 0.0991 e. The maximum atomic E-state index is 9.87. The first-order valence-corrected chi connectivity index (χ1v) is 45.3. The molecule has 24 aromatic rings. The molecule has 0 unspecified atom stereocenters. The Labute approximate surface area is 742 Å². The van der Waals surface area contributed by atoms with Crippen molar-refractivity contribution in [2.45, 2.75) is 57.8 Å². The number of aromatic amines is 1. The number of benzene rings is 12. The van der Waals surface area contributed by atoms with E-state index in [-0.39, 0.29) is 16.2 Å². The van der Waals surface area contributed by atoms with E-state index in [0.29, 0.717) is 0 Å². The molecule has 12 aromatic carbocycles. The van der Waals surface area contributed by atoms with Crippen LogP contribution in [-0.4, -0.2) is 66.4 Å². The van der Waals surface area contributed by atoms with E-state index in [1.165, 1.54) is 159 Å². The predicted molar refractivity (Wildman–Crippen MR) is 513 cm³/mol. The Bertz CT molecular complexity index is 8770. The summed E-state index contributed by atoms with van der Waals surface area (Å²) in [6, 6.07) is 98.8. The second-order valence-electron chi connectivity index (χ2n) is 35.1. The van der Waals surface area contributed by atoms with Gasteiger partial charge in [0.2, 0.25) is 6.33 Å². The van der Waals surface area contributed by atoms with Crippen molar-refractivity contribution in [3.8, 4) is 45.9 Å². The number of rotatable bonds is 5. The van der Waals surface area contributed by atoms with Crippen LogP contribution in [-0.2, 0) is 23.3 Å². The van der Waals surface area contributed by atoms with Gasteiger partial charge in [0, 0.05) is 185 Å². The second-order valence-corrected chi connectivity index (χ2v) is 37.9. The average molecular weight is 1790 g/mol. The van der Waals surface area contributed by atoms with Crippen molar-refractivity contribution in [3.63, 3.8) is 0 Å². The van der Waals surface area contributed by atoms with Crippen LogP contribution in [0.1, 0.15) is 74.9 Å². The smallest absolute Gasteiger partial charge is 0.0991 e. The van der Waals surface area contributed by atoms with Gasteiger partial charge in [0.1, 0.15) is 35.5 Å². The fourth-order valence-corrected chi connectivity index (χ4v) is 20.8. The number of pyridine rings is 3. The van der Waals surface area contributed by atoms with Crippen LogP contribution in [0.15, 0.2) is 352 Å². The molecule has 0 saturated carbocycles. The third kappa shape index (κ3) is 12.8. The van der Waals surface area contributed by atoms with E-state index in [9.17, 15) is 25.2 Å². The Morgan fingerprint density at radius 2 is 0.636 bits per heavy atom. The van der Waals surface area contributed by atoms with Crippen molar-refractivity contribution in [2.24, 2.45) is 7.05 Å². The van der Waals surface area contributed by atoms with Gasteiger partial charge >= 0.3 is 33.0 Å². The summed E-state index contributed by atoms with van der Waals surface area (Å²) >= 11 is 3.62. The predicted octanol–water partition coefficient (Wildman–Crippen LogP) is 28.1. The van der Waals surface area contributed by atoms with Crippen LogP contribution >= 0.6 is 23.7 Å². The fraction of sp³-hybridized carbons (Fsp3) is 0.0943. The molecule has 0 aliphatic carbocycles. The molecule has 0 bridgehead atoms. The molecule has 0 amide bonds. The number of halogens is 7. The molecule has 15 heterocycles. The van der Waals surface area contributed by atoms with E-state index in [1.807, 2.05) is 60.5 Å². The zero-order valence-corrected chi connectivity index (χ0v) is 73.2. The molecule has 0 fully saturated rings. The number of hydrogen-bond donors (Lipinski definition) is 1. The van der Waals surface area contributed by atoms with E-state index in [4.69, 9.17) is 15.0 Å². The van der Waals surface area contributed by atoms with Gasteiger partial charge in [0.15, 0.2) is 0 Å². The molecule has 23 heteroatoms. The van der Waals surface area contributed by atoms with Gasteiger partial charge < -0.3 is 23.3 Å². The summed E-state index contributed by atoms with van der Waals surface area (Å²) < 4.78 is 80.5. The zero-order chi connectivity index (χ0) is 88.2. The minimum atomic E-state index is -10.7. The van der Waals surface area contributed by atoms with Crippen molar-refractivity contribution in [3.05, 3.63) is 386 Å². The maximum absolute atomic E-state index is 10.7. The first-order valence-electron chi connectivity index (χ1n) is 42.5. The molecular weight excluding hydrogens is 1710 g/mol. The molecular formula is C106H79BrF6N15P. The molecule has 0 saturated heterocycles. The minimum absolute atomic E-state index is 0.0509. The number of nitrogens with one attached hydrogen (secondary N) is 1. The molecule has 3 aliphatic rings.